The Hall–Kier alpha value is -0.530. The molecule has 0 aromatic carbocycles. The molecule has 0 aliphatic heterocycles. The van der Waals surface area contributed by atoms with Gasteiger partial charge in [0.05, 0.1) is 5.84 Å². The van der Waals surface area contributed by atoms with E-state index in [9.17, 15) is 0 Å². The molecule has 0 aromatic heterocycles. The number of amidine groups is 1. The number of aliphatic imine (C=N–C) groups is 1. The van der Waals surface area contributed by atoms with E-state index in [0.717, 1.165) is 12.3 Å². The molecule has 0 saturated heterocycles. The minimum absolute atomic E-state index is 0.384. The van der Waals surface area contributed by atoms with Gasteiger partial charge >= 0.3 is 0 Å². The van der Waals surface area contributed by atoms with Crippen LogP contribution in [0.25, 0.3) is 0 Å². The molecule has 2 nitrogen and oxygen atoms in total. The molecule has 1 atom stereocenters. The van der Waals surface area contributed by atoms with Crippen molar-refractivity contribution in [2.75, 3.05) is 0 Å². The third kappa shape index (κ3) is 4.82. The first-order valence-electron chi connectivity index (χ1n) is 4.41. The van der Waals surface area contributed by atoms with Gasteiger partial charge in [0.1, 0.15) is 0 Å². The molecule has 2 N–H and O–H groups in total. The maximum absolute atomic E-state index is 5.70. The van der Waals surface area contributed by atoms with Crippen LogP contribution in [0.4, 0.5) is 0 Å². The lowest BCUT2D eigenvalue weighted by Gasteiger charge is -2.08. The number of nitrogens with two attached hydrogens (primary N) is 1. The van der Waals surface area contributed by atoms with Crippen LogP contribution >= 0.6 is 0 Å². The van der Waals surface area contributed by atoms with Gasteiger partial charge in [-0.1, -0.05) is 27.2 Å². The van der Waals surface area contributed by atoms with E-state index in [2.05, 4.69) is 32.7 Å². The lowest BCUT2D eigenvalue weighted by Crippen LogP contribution is -2.21. The lowest BCUT2D eigenvalue weighted by atomic mass is 10.1. The fraction of sp³-hybridized carbons (Fsp3) is 0.889. The van der Waals surface area contributed by atoms with Gasteiger partial charge in [0.2, 0.25) is 0 Å². The fourth-order valence-electron chi connectivity index (χ4n) is 0.886. The summed E-state index contributed by atoms with van der Waals surface area (Å²) in [6.07, 6.45) is 2.31. The van der Waals surface area contributed by atoms with E-state index in [1.165, 1.54) is 6.42 Å². The van der Waals surface area contributed by atoms with E-state index in [-0.39, 0.29) is 0 Å². The maximum Gasteiger partial charge on any atom is 0.0966 e. The minimum atomic E-state index is 0.384. The van der Waals surface area contributed by atoms with Gasteiger partial charge in [-0.3, -0.25) is 4.99 Å². The van der Waals surface area contributed by atoms with Crippen LogP contribution in [0.2, 0.25) is 0 Å². The monoisotopic (exact) mass is 156 g/mol. The Morgan fingerprint density at radius 1 is 1.36 bits per heavy atom. The van der Waals surface area contributed by atoms with Crippen molar-refractivity contribution in [3.63, 3.8) is 0 Å². The second kappa shape index (κ2) is 5.16. The van der Waals surface area contributed by atoms with Crippen molar-refractivity contribution in [1.29, 1.82) is 0 Å². The Bertz CT molecular complexity index is 128. The predicted molar refractivity (Wildman–Crippen MR) is 50.8 cm³/mol. The summed E-state index contributed by atoms with van der Waals surface area (Å²) in [6, 6.07) is 0.391. The summed E-state index contributed by atoms with van der Waals surface area (Å²) < 4.78 is 0. The molecule has 0 bridgehead atoms. The van der Waals surface area contributed by atoms with Gasteiger partial charge in [-0.2, -0.15) is 0 Å². The topological polar surface area (TPSA) is 38.4 Å². The van der Waals surface area contributed by atoms with Crippen molar-refractivity contribution >= 4 is 5.84 Å². The molecule has 11 heavy (non-hydrogen) atoms. The third-order valence-corrected chi connectivity index (χ3v) is 1.67. The number of rotatable bonds is 4. The third-order valence-electron chi connectivity index (χ3n) is 1.67. The smallest absolute Gasteiger partial charge is 0.0966 e. The largest absolute Gasteiger partial charge is 0.387 e. The van der Waals surface area contributed by atoms with Gasteiger partial charge in [-0.25, -0.2) is 0 Å². The fourth-order valence-corrected chi connectivity index (χ4v) is 0.886. The number of nitrogens with zero attached hydrogens (tertiary/aromatic N) is 1. The summed E-state index contributed by atoms with van der Waals surface area (Å²) in [4.78, 5) is 4.36. The molecule has 1 unspecified atom stereocenters. The molecule has 0 amide bonds. The Labute approximate surface area is 69.9 Å². The van der Waals surface area contributed by atoms with Crippen LogP contribution < -0.4 is 5.73 Å². The van der Waals surface area contributed by atoms with Crippen molar-refractivity contribution < 1.29 is 0 Å². The van der Waals surface area contributed by atoms with Gasteiger partial charge < -0.3 is 5.73 Å². The Balaban J connectivity index is 3.86. The Kier molecular flexibility index (Phi) is 4.92. The Morgan fingerprint density at radius 2 is 1.91 bits per heavy atom. The van der Waals surface area contributed by atoms with Crippen LogP contribution in [-0.2, 0) is 0 Å². The molecule has 0 fully saturated rings. The normalized spacial score (nSPS) is 15.5. The average Bonchev–Trinajstić information content (AvgIpc) is 1.87. The lowest BCUT2D eigenvalue weighted by molar-refractivity contribution is 0.647. The van der Waals surface area contributed by atoms with Crippen LogP contribution in [-0.4, -0.2) is 11.9 Å². The molecule has 2 heteroatoms. The zero-order chi connectivity index (χ0) is 8.85. The van der Waals surface area contributed by atoms with Gasteiger partial charge in [0.25, 0.3) is 0 Å². The highest BCUT2D eigenvalue weighted by molar-refractivity contribution is 5.82. The molecule has 0 aliphatic rings. The van der Waals surface area contributed by atoms with Crippen LogP contribution in [0.5, 0.6) is 0 Å². The molecule has 0 aliphatic carbocycles. The summed E-state index contributed by atoms with van der Waals surface area (Å²) in [5.74, 6) is 1.17. The zero-order valence-corrected chi connectivity index (χ0v) is 8.09. The van der Waals surface area contributed by atoms with E-state index in [1.807, 2.05) is 0 Å². The van der Waals surface area contributed by atoms with Gasteiger partial charge in [0.15, 0.2) is 0 Å². The van der Waals surface area contributed by atoms with Crippen molar-refractivity contribution in [3.05, 3.63) is 0 Å². The second-order valence-electron chi connectivity index (χ2n) is 3.35. The van der Waals surface area contributed by atoms with Gasteiger partial charge in [-0.15, -0.1) is 0 Å². The van der Waals surface area contributed by atoms with Crippen LogP contribution in [0, 0.1) is 5.92 Å². The number of hydrogen-bond donors (Lipinski definition) is 1. The van der Waals surface area contributed by atoms with Crippen LogP contribution in [0.3, 0.4) is 0 Å². The molecule has 0 radical (unpaired) electrons. The highest BCUT2D eigenvalue weighted by atomic mass is 14.9. The first kappa shape index (κ1) is 10.5. The van der Waals surface area contributed by atoms with Crippen LogP contribution in [0.15, 0.2) is 4.99 Å². The van der Waals surface area contributed by atoms with Crippen molar-refractivity contribution in [3.8, 4) is 0 Å². The molecular formula is C9H20N2. The Morgan fingerprint density at radius 3 is 2.27 bits per heavy atom. The van der Waals surface area contributed by atoms with E-state index in [4.69, 9.17) is 5.73 Å². The first-order chi connectivity index (χ1) is 5.07. The van der Waals surface area contributed by atoms with E-state index in [0.29, 0.717) is 12.0 Å². The van der Waals surface area contributed by atoms with Gasteiger partial charge in [-0.05, 0) is 13.3 Å². The van der Waals surface area contributed by atoms with Gasteiger partial charge in [0, 0.05) is 12.0 Å². The summed E-state index contributed by atoms with van der Waals surface area (Å²) in [7, 11) is 0. The van der Waals surface area contributed by atoms with Crippen molar-refractivity contribution in [1.82, 2.24) is 0 Å². The predicted octanol–water partition coefficient (Wildman–Crippen LogP) is 2.19. The quantitative estimate of drug-likeness (QED) is 0.492. The maximum atomic E-state index is 5.70. The van der Waals surface area contributed by atoms with Crippen molar-refractivity contribution in [2.24, 2.45) is 16.6 Å². The SMILES string of the molecule is CCCC(C)N=C(N)C(C)C. The average molecular weight is 156 g/mol. The second-order valence-corrected chi connectivity index (χ2v) is 3.35. The standard InChI is InChI=1S/C9H20N2/c1-5-6-8(4)11-9(10)7(2)3/h7-8H,5-6H2,1-4H3,(H2,10,11). The molecule has 0 rings (SSSR count). The molecular weight excluding hydrogens is 136 g/mol. The zero-order valence-electron chi connectivity index (χ0n) is 8.09. The van der Waals surface area contributed by atoms with E-state index >= 15 is 0 Å². The summed E-state index contributed by atoms with van der Waals surface area (Å²) in [5.41, 5.74) is 5.70. The summed E-state index contributed by atoms with van der Waals surface area (Å²) in [5, 5.41) is 0. The molecule has 66 valence electrons. The van der Waals surface area contributed by atoms with Crippen molar-refractivity contribution in [2.45, 2.75) is 46.6 Å². The highest BCUT2D eigenvalue weighted by Gasteiger charge is 2.01. The summed E-state index contributed by atoms with van der Waals surface area (Å²) in [6.45, 7) is 8.41. The highest BCUT2D eigenvalue weighted by Crippen LogP contribution is 2.02. The number of hydrogen-bond acceptors (Lipinski definition) is 1. The molecule has 0 heterocycles. The van der Waals surface area contributed by atoms with E-state index < -0.39 is 0 Å². The molecule has 0 spiro atoms. The van der Waals surface area contributed by atoms with Crippen LogP contribution in [0.1, 0.15) is 40.5 Å². The molecule has 0 aromatic rings. The first-order valence-corrected chi connectivity index (χ1v) is 4.41. The van der Waals surface area contributed by atoms with E-state index in [1.54, 1.807) is 0 Å². The molecule has 0 saturated carbocycles. The minimum Gasteiger partial charge on any atom is -0.387 e. The summed E-state index contributed by atoms with van der Waals surface area (Å²) >= 11 is 0.